The summed E-state index contributed by atoms with van der Waals surface area (Å²) in [5.41, 5.74) is 3.14. The van der Waals surface area contributed by atoms with Crippen LogP contribution >= 0.6 is 0 Å². The number of hydrogen-bond acceptors (Lipinski definition) is 6. The van der Waals surface area contributed by atoms with E-state index in [1.54, 1.807) is 18.3 Å². The van der Waals surface area contributed by atoms with Gasteiger partial charge in [-0.05, 0) is 12.1 Å². The molecule has 3 aromatic rings. The van der Waals surface area contributed by atoms with Gasteiger partial charge in [0.1, 0.15) is 0 Å². The SMILES string of the molecule is NNC(=O)c1ccc(Cn2nc3cnccn3c2=O)nc1. The Morgan fingerprint density at radius 1 is 1.33 bits per heavy atom. The zero-order valence-corrected chi connectivity index (χ0v) is 10.8. The van der Waals surface area contributed by atoms with E-state index in [1.807, 2.05) is 5.43 Å². The normalized spacial score (nSPS) is 10.7. The molecule has 0 aliphatic rings. The van der Waals surface area contributed by atoms with Crippen molar-refractivity contribution < 1.29 is 4.79 Å². The van der Waals surface area contributed by atoms with Crippen LogP contribution in [0.5, 0.6) is 0 Å². The molecule has 3 heterocycles. The van der Waals surface area contributed by atoms with E-state index in [0.717, 1.165) is 0 Å². The topological polar surface area (TPSA) is 120 Å². The molecule has 0 aliphatic carbocycles. The Balaban J connectivity index is 1.90. The molecule has 0 fully saturated rings. The summed E-state index contributed by atoms with van der Waals surface area (Å²) in [6.07, 6.45) is 5.95. The van der Waals surface area contributed by atoms with Gasteiger partial charge in [0.2, 0.25) is 0 Å². The van der Waals surface area contributed by atoms with Gasteiger partial charge in [0, 0.05) is 18.6 Å². The Labute approximate surface area is 118 Å². The summed E-state index contributed by atoms with van der Waals surface area (Å²) >= 11 is 0. The maximum atomic E-state index is 12.1. The van der Waals surface area contributed by atoms with E-state index >= 15 is 0 Å². The maximum Gasteiger partial charge on any atom is 0.350 e. The summed E-state index contributed by atoms with van der Waals surface area (Å²) < 4.78 is 2.67. The van der Waals surface area contributed by atoms with Crippen molar-refractivity contribution in [2.75, 3.05) is 0 Å². The van der Waals surface area contributed by atoms with Crippen LogP contribution in [0.2, 0.25) is 0 Å². The van der Waals surface area contributed by atoms with Gasteiger partial charge in [-0.15, -0.1) is 5.10 Å². The average molecular weight is 285 g/mol. The highest BCUT2D eigenvalue weighted by Crippen LogP contribution is 2.02. The van der Waals surface area contributed by atoms with Crippen LogP contribution in [0.15, 0.2) is 41.7 Å². The fraction of sp³-hybridized carbons (Fsp3) is 0.0833. The summed E-state index contributed by atoms with van der Waals surface area (Å²) in [6, 6.07) is 3.21. The molecule has 9 heteroatoms. The molecule has 0 unspecified atom stereocenters. The fourth-order valence-electron chi connectivity index (χ4n) is 1.87. The number of amides is 1. The molecule has 3 rings (SSSR count). The Morgan fingerprint density at radius 3 is 2.86 bits per heavy atom. The number of aromatic nitrogens is 5. The molecular formula is C12H11N7O2. The van der Waals surface area contributed by atoms with E-state index in [-0.39, 0.29) is 12.2 Å². The van der Waals surface area contributed by atoms with E-state index in [4.69, 9.17) is 5.84 Å². The Bertz CT molecular complexity index is 850. The number of nitrogens with two attached hydrogens (primary N) is 1. The van der Waals surface area contributed by atoms with E-state index in [9.17, 15) is 9.59 Å². The molecule has 0 saturated heterocycles. The molecule has 21 heavy (non-hydrogen) atoms. The van der Waals surface area contributed by atoms with Gasteiger partial charge in [-0.2, -0.15) is 0 Å². The van der Waals surface area contributed by atoms with E-state index in [0.29, 0.717) is 16.9 Å². The Hall–Kier alpha value is -3.07. The number of carbonyl (C=O) groups excluding carboxylic acids is 1. The smallest absolute Gasteiger partial charge is 0.290 e. The number of nitrogens with zero attached hydrogens (tertiary/aromatic N) is 5. The second-order valence-corrected chi connectivity index (χ2v) is 4.26. The van der Waals surface area contributed by atoms with Gasteiger partial charge < -0.3 is 0 Å². The van der Waals surface area contributed by atoms with Crippen molar-refractivity contribution >= 4 is 11.6 Å². The zero-order valence-electron chi connectivity index (χ0n) is 10.8. The predicted molar refractivity (Wildman–Crippen MR) is 72.2 cm³/mol. The van der Waals surface area contributed by atoms with E-state index in [2.05, 4.69) is 15.1 Å². The molecule has 9 nitrogen and oxygen atoms in total. The molecule has 0 bridgehead atoms. The molecule has 0 radical (unpaired) electrons. The fourth-order valence-corrected chi connectivity index (χ4v) is 1.87. The van der Waals surface area contributed by atoms with Crippen LogP contribution in [-0.2, 0) is 6.54 Å². The van der Waals surface area contributed by atoms with E-state index in [1.165, 1.54) is 27.7 Å². The van der Waals surface area contributed by atoms with Crippen LogP contribution in [0.3, 0.4) is 0 Å². The van der Waals surface area contributed by atoms with Gasteiger partial charge in [0.05, 0.1) is 24.0 Å². The van der Waals surface area contributed by atoms with Crippen LogP contribution in [0, 0.1) is 0 Å². The minimum Gasteiger partial charge on any atom is -0.290 e. The van der Waals surface area contributed by atoms with Crippen LogP contribution in [0.1, 0.15) is 16.1 Å². The molecular weight excluding hydrogens is 274 g/mol. The standard InChI is InChI=1S/C12H11N7O2/c13-16-11(20)8-1-2-9(15-5-8)7-19-12(21)18-4-3-14-6-10(18)17-19/h1-6H,7,13H2,(H,16,20). The van der Waals surface area contributed by atoms with Crippen molar-refractivity contribution in [2.45, 2.75) is 6.54 Å². The predicted octanol–water partition coefficient (Wildman–Crippen LogP) is -1.06. The Kier molecular flexibility index (Phi) is 3.16. The molecule has 1 amide bonds. The highest BCUT2D eigenvalue weighted by atomic mass is 16.2. The van der Waals surface area contributed by atoms with Crippen molar-refractivity contribution in [3.63, 3.8) is 0 Å². The molecule has 0 atom stereocenters. The minimum absolute atomic E-state index is 0.199. The number of rotatable bonds is 3. The molecule has 0 aromatic carbocycles. The highest BCUT2D eigenvalue weighted by molar-refractivity contribution is 5.93. The lowest BCUT2D eigenvalue weighted by atomic mass is 10.2. The summed E-state index contributed by atoms with van der Waals surface area (Å²) in [5, 5.41) is 4.15. The van der Waals surface area contributed by atoms with Crippen LogP contribution in [0.4, 0.5) is 0 Å². The molecule has 0 spiro atoms. The minimum atomic E-state index is -0.426. The van der Waals surface area contributed by atoms with Crippen LogP contribution < -0.4 is 17.0 Å². The first-order chi connectivity index (χ1) is 10.2. The van der Waals surface area contributed by atoms with Crippen molar-refractivity contribution in [1.29, 1.82) is 0 Å². The first kappa shape index (κ1) is 12.9. The molecule has 0 saturated carbocycles. The monoisotopic (exact) mass is 285 g/mol. The largest absolute Gasteiger partial charge is 0.350 e. The second-order valence-electron chi connectivity index (χ2n) is 4.26. The average Bonchev–Trinajstić information content (AvgIpc) is 2.84. The zero-order chi connectivity index (χ0) is 14.8. The quantitative estimate of drug-likeness (QED) is 0.359. The van der Waals surface area contributed by atoms with Crippen molar-refractivity contribution in [3.05, 3.63) is 58.7 Å². The maximum absolute atomic E-state index is 12.1. The lowest BCUT2D eigenvalue weighted by Gasteiger charge is -2.02. The summed E-state index contributed by atoms with van der Waals surface area (Å²) in [7, 11) is 0. The van der Waals surface area contributed by atoms with Gasteiger partial charge in [0.15, 0.2) is 5.65 Å². The highest BCUT2D eigenvalue weighted by Gasteiger charge is 2.08. The summed E-state index contributed by atoms with van der Waals surface area (Å²) in [5.74, 6) is 4.61. The van der Waals surface area contributed by atoms with Crippen molar-refractivity contribution in [1.82, 2.24) is 29.6 Å². The lowest BCUT2D eigenvalue weighted by Crippen LogP contribution is -2.30. The number of fused-ring (bicyclic) bond motifs is 1. The summed E-state index contributed by atoms with van der Waals surface area (Å²) in [4.78, 5) is 31.4. The number of hydrogen-bond donors (Lipinski definition) is 2. The third-order valence-electron chi connectivity index (χ3n) is 2.92. The number of carbonyl (C=O) groups is 1. The van der Waals surface area contributed by atoms with Gasteiger partial charge in [-0.3, -0.25) is 20.2 Å². The number of nitrogens with one attached hydrogen (secondary N) is 1. The first-order valence-electron chi connectivity index (χ1n) is 6.04. The van der Waals surface area contributed by atoms with Crippen LogP contribution in [-0.4, -0.2) is 30.1 Å². The van der Waals surface area contributed by atoms with E-state index < -0.39 is 5.91 Å². The van der Waals surface area contributed by atoms with Gasteiger partial charge >= 0.3 is 5.69 Å². The molecule has 0 aliphatic heterocycles. The number of nitrogen functional groups attached to an aromatic ring is 1. The third kappa shape index (κ3) is 2.37. The molecule has 106 valence electrons. The lowest BCUT2D eigenvalue weighted by molar-refractivity contribution is 0.0953. The van der Waals surface area contributed by atoms with Gasteiger partial charge in [-0.25, -0.2) is 19.7 Å². The van der Waals surface area contributed by atoms with Crippen molar-refractivity contribution in [3.8, 4) is 0 Å². The van der Waals surface area contributed by atoms with Crippen molar-refractivity contribution in [2.24, 2.45) is 5.84 Å². The number of pyridine rings is 1. The summed E-state index contributed by atoms with van der Waals surface area (Å²) in [6.45, 7) is 0.199. The van der Waals surface area contributed by atoms with Crippen LogP contribution in [0.25, 0.3) is 5.65 Å². The molecule has 3 N–H and O–H groups in total. The first-order valence-corrected chi connectivity index (χ1v) is 6.04. The number of hydrazine groups is 1. The second kappa shape index (κ2) is 5.13. The Morgan fingerprint density at radius 2 is 2.19 bits per heavy atom. The third-order valence-corrected chi connectivity index (χ3v) is 2.92. The molecule has 3 aromatic heterocycles. The van der Waals surface area contributed by atoms with Gasteiger partial charge in [-0.1, -0.05) is 0 Å². The van der Waals surface area contributed by atoms with Gasteiger partial charge in [0.25, 0.3) is 5.91 Å².